The fourth-order valence-electron chi connectivity index (χ4n) is 4.20. The van der Waals surface area contributed by atoms with Crippen LogP contribution in [0.3, 0.4) is 0 Å². The monoisotopic (exact) mass is 520 g/mol. The number of carbonyl (C=O) groups is 2. The summed E-state index contributed by atoms with van der Waals surface area (Å²) in [5.74, 6) is -1.26. The van der Waals surface area contributed by atoms with E-state index in [1.165, 1.54) is 23.9 Å². The van der Waals surface area contributed by atoms with E-state index in [1.807, 2.05) is 0 Å². The van der Waals surface area contributed by atoms with Crippen LogP contribution >= 0.6 is 11.6 Å². The van der Waals surface area contributed by atoms with E-state index >= 15 is 0 Å². The molecular weight excluding hydrogens is 497 g/mol. The number of hydrogen-bond acceptors (Lipinski definition) is 5. The average molecular weight is 521 g/mol. The van der Waals surface area contributed by atoms with Gasteiger partial charge in [0.15, 0.2) is 5.69 Å². The number of fused-ring (bicyclic) bond motifs is 1. The number of nitrogens with zero attached hydrogens (tertiary/aromatic N) is 3. The summed E-state index contributed by atoms with van der Waals surface area (Å²) >= 11 is 5.96. The minimum atomic E-state index is -4.81. The van der Waals surface area contributed by atoms with E-state index in [0.29, 0.717) is 35.7 Å². The van der Waals surface area contributed by atoms with E-state index in [2.05, 4.69) is 15.2 Å². The van der Waals surface area contributed by atoms with Crippen molar-refractivity contribution in [1.29, 1.82) is 0 Å². The second kappa shape index (κ2) is 10.2. The highest BCUT2D eigenvalue weighted by molar-refractivity contribution is 6.30. The maximum atomic E-state index is 14.0. The zero-order chi connectivity index (χ0) is 26.0. The molecule has 0 fully saturated rings. The number of benzene rings is 2. The number of hydrogen-bond donors (Lipinski definition) is 1. The van der Waals surface area contributed by atoms with Crippen LogP contribution in [0.5, 0.6) is 0 Å². The molecule has 11 heteroatoms. The predicted molar refractivity (Wildman–Crippen MR) is 128 cm³/mol. The molecule has 4 rings (SSSR count). The topological polar surface area (TPSA) is 76.5 Å². The molecule has 190 valence electrons. The summed E-state index contributed by atoms with van der Waals surface area (Å²) in [5, 5.41) is 7.00. The van der Waals surface area contributed by atoms with Gasteiger partial charge in [0, 0.05) is 24.7 Å². The number of aromatic nitrogens is 2. The second-order valence-corrected chi connectivity index (χ2v) is 8.91. The molecule has 3 aromatic rings. The van der Waals surface area contributed by atoms with Gasteiger partial charge in [-0.15, -0.1) is 0 Å². The highest BCUT2D eigenvalue weighted by atomic mass is 35.5. The third-order valence-corrected chi connectivity index (χ3v) is 6.24. The molecule has 0 radical (unpaired) electrons. The van der Waals surface area contributed by atoms with E-state index in [-0.39, 0.29) is 12.4 Å². The quantitative estimate of drug-likeness (QED) is 0.450. The fourth-order valence-corrected chi connectivity index (χ4v) is 4.32. The zero-order valence-electron chi connectivity index (χ0n) is 19.6. The number of halogens is 4. The summed E-state index contributed by atoms with van der Waals surface area (Å²) in [6, 6.07) is 12.7. The van der Waals surface area contributed by atoms with Gasteiger partial charge in [-0.2, -0.15) is 18.3 Å². The molecule has 0 aliphatic carbocycles. The lowest BCUT2D eigenvalue weighted by Gasteiger charge is -2.30. The third-order valence-electron chi connectivity index (χ3n) is 5.98. The van der Waals surface area contributed by atoms with Gasteiger partial charge in [0.25, 0.3) is 5.91 Å². The first-order valence-electron chi connectivity index (χ1n) is 11.2. The van der Waals surface area contributed by atoms with Gasteiger partial charge in [-0.05, 0) is 48.7 Å². The fraction of sp³-hybridized carbons (Fsp3) is 0.320. The minimum absolute atomic E-state index is 0.134. The van der Waals surface area contributed by atoms with Crippen LogP contribution < -0.4 is 10.2 Å². The van der Waals surface area contributed by atoms with Crippen molar-refractivity contribution in [3.8, 4) is 0 Å². The van der Waals surface area contributed by atoms with Crippen molar-refractivity contribution in [1.82, 2.24) is 15.1 Å². The van der Waals surface area contributed by atoms with Crippen LogP contribution in [0.2, 0.25) is 5.02 Å². The van der Waals surface area contributed by atoms with Crippen LogP contribution in [0.4, 0.5) is 19.0 Å². The van der Waals surface area contributed by atoms with Crippen molar-refractivity contribution < 1.29 is 27.5 Å². The lowest BCUT2D eigenvalue weighted by molar-refractivity contribution is -0.141. The Morgan fingerprint density at radius 2 is 1.78 bits per heavy atom. The Bertz CT molecular complexity index is 1260. The summed E-state index contributed by atoms with van der Waals surface area (Å²) < 4.78 is 47.9. The highest BCUT2D eigenvalue weighted by Gasteiger charge is 2.43. The van der Waals surface area contributed by atoms with Crippen molar-refractivity contribution in [2.45, 2.75) is 38.7 Å². The molecule has 7 nitrogen and oxygen atoms in total. The van der Waals surface area contributed by atoms with Crippen LogP contribution in [-0.4, -0.2) is 35.3 Å². The molecule has 2 heterocycles. The third kappa shape index (κ3) is 5.33. The maximum Gasteiger partial charge on any atom is 0.436 e. The number of esters is 1. The normalized spacial score (nSPS) is 14.2. The summed E-state index contributed by atoms with van der Waals surface area (Å²) in [6.07, 6.45) is -4.22. The van der Waals surface area contributed by atoms with Crippen molar-refractivity contribution in [3.05, 3.63) is 81.5 Å². The van der Waals surface area contributed by atoms with Crippen LogP contribution in [0.15, 0.2) is 48.5 Å². The van der Waals surface area contributed by atoms with Crippen LogP contribution in [0.1, 0.15) is 56.9 Å². The first-order valence-corrected chi connectivity index (χ1v) is 11.6. The van der Waals surface area contributed by atoms with Crippen molar-refractivity contribution in [3.63, 3.8) is 0 Å². The summed E-state index contributed by atoms with van der Waals surface area (Å²) in [4.78, 5) is 26.7. The van der Waals surface area contributed by atoms with E-state index in [9.17, 15) is 22.8 Å². The van der Waals surface area contributed by atoms with Gasteiger partial charge in [-0.3, -0.25) is 4.79 Å². The summed E-state index contributed by atoms with van der Waals surface area (Å²) in [6.45, 7) is 2.69. The molecule has 2 aromatic carbocycles. The molecule has 36 heavy (non-hydrogen) atoms. The first kappa shape index (κ1) is 25.6. The molecule has 0 unspecified atom stereocenters. The number of rotatable bonds is 6. The Kier molecular flexibility index (Phi) is 7.26. The standard InChI is InChI=1S/C25H24ClF3N4O3/c1-15(17-6-8-18(9-7-17)24(35)36-2)30-22(34)20-21(25(27,28)29)31-33-13-3-12-32(23(20)33)14-16-4-10-19(26)11-5-16/h4-11,15H,3,12-14H2,1-2H3,(H,30,34)/t15-/m0/s1. The van der Waals surface area contributed by atoms with Crippen LogP contribution in [0.25, 0.3) is 0 Å². The minimum Gasteiger partial charge on any atom is -0.465 e. The van der Waals surface area contributed by atoms with Gasteiger partial charge in [0.2, 0.25) is 0 Å². The lowest BCUT2D eigenvalue weighted by atomic mass is 10.0. The van der Waals surface area contributed by atoms with Gasteiger partial charge in [0.1, 0.15) is 11.4 Å². The van der Waals surface area contributed by atoms with Gasteiger partial charge in [-0.25, -0.2) is 9.48 Å². The molecule has 0 saturated carbocycles. The van der Waals surface area contributed by atoms with E-state index in [4.69, 9.17) is 11.6 Å². The van der Waals surface area contributed by atoms with E-state index < -0.39 is 35.4 Å². The van der Waals surface area contributed by atoms with Gasteiger partial charge < -0.3 is 15.0 Å². The molecule has 0 bridgehead atoms. The molecule has 1 atom stereocenters. The molecule has 1 N–H and O–H groups in total. The molecule has 1 aromatic heterocycles. The van der Waals surface area contributed by atoms with Crippen LogP contribution in [0, 0.1) is 0 Å². The van der Waals surface area contributed by atoms with E-state index in [0.717, 1.165) is 5.56 Å². The van der Waals surface area contributed by atoms with Gasteiger partial charge in [-0.1, -0.05) is 35.9 Å². The SMILES string of the molecule is COC(=O)c1ccc([C@H](C)NC(=O)c2c(C(F)(F)F)nn3c2N(Cc2ccc(Cl)cc2)CCC3)cc1. The molecule has 1 aliphatic heterocycles. The number of carbonyl (C=O) groups excluding carboxylic acids is 2. The van der Waals surface area contributed by atoms with Crippen LogP contribution in [-0.2, 0) is 24.0 Å². The predicted octanol–water partition coefficient (Wildman–Crippen LogP) is 5.24. The highest BCUT2D eigenvalue weighted by Crippen LogP contribution is 2.38. The number of ether oxygens (including phenoxy) is 1. The van der Waals surface area contributed by atoms with E-state index in [1.54, 1.807) is 48.2 Å². The van der Waals surface area contributed by atoms with Gasteiger partial charge in [0.05, 0.1) is 18.7 Å². The molecule has 1 amide bonds. The second-order valence-electron chi connectivity index (χ2n) is 8.48. The Labute approximate surface area is 210 Å². The summed E-state index contributed by atoms with van der Waals surface area (Å²) in [5.41, 5.74) is 0.0553. The number of nitrogens with one attached hydrogen (secondary N) is 1. The largest absolute Gasteiger partial charge is 0.465 e. The Balaban J connectivity index is 1.65. The number of anilines is 1. The van der Waals surface area contributed by atoms with Crippen molar-refractivity contribution in [2.75, 3.05) is 18.6 Å². The summed E-state index contributed by atoms with van der Waals surface area (Å²) in [7, 11) is 1.26. The Morgan fingerprint density at radius 1 is 1.11 bits per heavy atom. The number of aryl methyl sites for hydroxylation is 1. The lowest BCUT2D eigenvalue weighted by Crippen LogP contribution is -2.35. The smallest absolute Gasteiger partial charge is 0.436 e. The molecule has 0 saturated heterocycles. The maximum absolute atomic E-state index is 14.0. The molecule has 1 aliphatic rings. The average Bonchev–Trinajstić information content (AvgIpc) is 3.26. The van der Waals surface area contributed by atoms with Crippen molar-refractivity contribution >= 4 is 29.3 Å². The first-order chi connectivity index (χ1) is 17.1. The Morgan fingerprint density at radius 3 is 2.39 bits per heavy atom. The zero-order valence-corrected chi connectivity index (χ0v) is 20.4. The molecular formula is C25H24ClF3N4O3. The Hall–Kier alpha value is -3.53. The van der Waals surface area contributed by atoms with Crippen molar-refractivity contribution in [2.24, 2.45) is 0 Å². The number of amides is 1. The number of alkyl halides is 3. The number of methoxy groups -OCH3 is 1. The molecule has 0 spiro atoms. The van der Waals surface area contributed by atoms with Gasteiger partial charge >= 0.3 is 12.1 Å².